The monoisotopic (exact) mass is 539 g/mol. The molecule has 1 atom stereocenters. The Labute approximate surface area is 230 Å². The highest BCUT2D eigenvalue weighted by atomic mass is 32.1. The van der Waals surface area contributed by atoms with E-state index in [0.717, 1.165) is 44.9 Å². The summed E-state index contributed by atoms with van der Waals surface area (Å²) in [6, 6.07) is 13.8. The number of hydrogen-bond acceptors (Lipinski definition) is 7. The molecule has 2 aliphatic rings. The van der Waals surface area contributed by atoms with Gasteiger partial charge < -0.3 is 29.5 Å². The number of likely N-dealkylation sites (N-methyl/N-ethyl adjacent to an activating group) is 1. The minimum Gasteiger partial charge on any atom is -0.497 e. The van der Waals surface area contributed by atoms with Crippen molar-refractivity contribution >= 4 is 40.5 Å². The van der Waals surface area contributed by atoms with E-state index in [0.29, 0.717) is 35.4 Å². The second kappa shape index (κ2) is 13.0. The summed E-state index contributed by atoms with van der Waals surface area (Å²) in [6.45, 7) is 8.20. The SMILES string of the molecule is CCOc1ccc(NC(=O)C[C@@H]2C(=O)N(c3ccc(OC)cc3)C(=S)N2CCCN2CCN(C)CC2)cc1. The van der Waals surface area contributed by atoms with Crippen molar-refractivity contribution in [2.24, 2.45) is 0 Å². The molecule has 1 N–H and O–H groups in total. The quantitative estimate of drug-likeness (QED) is 0.437. The molecule has 9 nitrogen and oxygen atoms in total. The lowest BCUT2D eigenvalue weighted by Gasteiger charge is -2.33. The third-order valence-electron chi connectivity index (χ3n) is 6.95. The molecule has 0 bridgehead atoms. The zero-order valence-electron chi connectivity index (χ0n) is 22.4. The Kier molecular flexibility index (Phi) is 9.54. The average Bonchev–Trinajstić information content (AvgIpc) is 3.15. The Hall–Kier alpha value is -3.21. The van der Waals surface area contributed by atoms with Crippen LogP contribution < -0.4 is 19.7 Å². The van der Waals surface area contributed by atoms with E-state index in [1.165, 1.54) is 0 Å². The molecule has 0 radical (unpaired) electrons. The second-order valence-corrected chi connectivity index (χ2v) is 9.94. The summed E-state index contributed by atoms with van der Waals surface area (Å²) < 4.78 is 10.7. The van der Waals surface area contributed by atoms with Crippen molar-refractivity contribution in [3.8, 4) is 11.5 Å². The molecule has 0 unspecified atom stereocenters. The Morgan fingerprint density at radius 2 is 1.66 bits per heavy atom. The van der Waals surface area contributed by atoms with Gasteiger partial charge in [0.2, 0.25) is 5.91 Å². The Morgan fingerprint density at radius 1 is 1.00 bits per heavy atom. The number of methoxy groups -OCH3 is 1. The lowest BCUT2D eigenvalue weighted by atomic mass is 10.1. The van der Waals surface area contributed by atoms with E-state index in [4.69, 9.17) is 21.7 Å². The predicted molar refractivity (Wildman–Crippen MR) is 153 cm³/mol. The number of piperazine rings is 1. The van der Waals surface area contributed by atoms with Crippen molar-refractivity contribution < 1.29 is 19.1 Å². The van der Waals surface area contributed by atoms with E-state index >= 15 is 0 Å². The summed E-state index contributed by atoms with van der Waals surface area (Å²) in [7, 11) is 3.74. The fourth-order valence-corrected chi connectivity index (χ4v) is 5.20. The number of carbonyl (C=O) groups excluding carboxylic acids is 2. The van der Waals surface area contributed by atoms with Crippen LogP contribution in [0.4, 0.5) is 11.4 Å². The molecule has 38 heavy (non-hydrogen) atoms. The summed E-state index contributed by atoms with van der Waals surface area (Å²) >= 11 is 5.80. The minimum absolute atomic E-state index is 0.00729. The van der Waals surface area contributed by atoms with Crippen LogP contribution in [-0.4, -0.2) is 97.7 Å². The highest BCUT2D eigenvalue weighted by molar-refractivity contribution is 7.80. The molecule has 204 valence electrons. The van der Waals surface area contributed by atoms with Crippen molar-refractivity contribution in [1.29, 1.82) is 0 Å². The molecule has 4 rings (SSSR count). The lowest BCUT2D eigenvalue weighted by Crippen LogP contribution is -2.45. The number of nitrogens with zero attached hydrogens (tertiary/aromatic N) is 4. The van der Waals surface area contributed by atoms with Gasteiger partial charge in [0.25, 0.3) is 5.91 Å². The predicted octanol–water partition coefficient (Wildman–Crippen LogP) is 3.06. The number of ether oxygens (including phenoxy) is 2. The van der Waals surface area contributed by atoms with Crippen LogP contribution in [0.1, 0.15) is 19.8 Å². The normalized spacial score (nSPS) is 18.7. The van der Waals surface area contributed by atoms with Crippen LogP contribution in [0, 0.1) is 0 Å². The van der Waals surface area contributed by atoms with Crippen LogP contribution in [0.3, 0.4) is 0 Å². The Bertz CT molecular complexity index is 1100. The number of anilines is 2. The molecule has 2 amide bonds. The minimum atomic E-state index is -0.667. The maximum Gasteiger partial charge on any atom is 0.256 e. The van der Waals surface area contributed by atoms with Crippen LogP contribution in [0.5, 0.6) is 11.5 Å². The van der Waals surface area contributed by atoms with E-state index in [-0.39, 0.29) is 18.2 Å². The number of benzene rings is 2. The van der Waals surface area contributed by atoms with Crippen LogP contribution >= 0.6 is 12.2 Å². The van der Waals surface area contributed by atoms with Crippen LogP contribution in [-0.2, 0) is 9.59 Å². The van der Waals surface area contributed by atoms with Crippen LogP contribution in [0.15, 0.2) is 48.5 Å². The molecule has 2 aliphatic heterocycles. The van der Waals surface area contributed by atoms with Crippen molar-refractivity contribution in [1.82, 2.24) is 14.7 Å². The van der Waals surface area contributed by atoms with E-state index in [1.807, 2.05) is 36.1 Å². The van der Waals surface area contributed by atoms with Gasteiger partial charge in [-0.3, -0.25) is 14.5 Å². The summed E-state index contributed by atoms with van der Waals surface area (Å²) in [5.74, 6) is 1.00. The number of carbonyl (C=O) groups is 2. The Morgan fingerprint density at radius 3 is 2.29 bits per heavy atom. The second-order valence-electron chi connectivity index (χ2n) is 9.57. The van der Waals surface area contributed by atoms with Crippen molar-refractivity contribution in [3.63, 3.8) is 0 Å². The molecule has 0 aliphatic carbocycles. The fourth-order valence-electron chi connectivity index (χ4n) is 4.78. The first-order valence-corrected chi connectivity index (χ1v) is 13.5. The standard InChI is InChI=1S/C28H37N5O4S/c1-4-37-24-10-6-21(7-11-24)29-26(34)20-25-27(35)33(22-8-12-23(36-3)13-9-22)28(38)32(25)15-5-14-31-18-16-30(2)17-19-31/h6-13,25H,4-5,14-20H2,1-3H3,(H,29,34)/t25-/m1/s1. The summed E-state index contributed by atoms with van der Waals surface area (Å²) in [4.78, 5) is 34.9. The van der Waals surface area contributed by atoms with E-state index in [9.17, 15) is 9.59 Å². The first-order chi connectivity index (χ1) is 18.4. The zero-order chi connectivity index (χ0) is 27.1. The summed E-state index contributed by atoms with van der Waals surface area (Å²) in [5, 5.41) is 3.34. The molecule has 2 heterocycles. The van der Waals surface area contributed by atoms with Crippen molar-refractivity contribution in [3.05, 3.63) is 48.5 Å². The maximum absolute atomic E-state index is 13.6. The Balaban J connectivity index is 1.45. The molecule has 10 heteroatoms. The summed E-state index contributed by atoms with van der Waals surface area (Å²) in [6.07, 6.45) is 0.859. The number of amides is 2. The summed E-state index contributed by atoms with van der Waals surface area (Å²) in [5.41, 5.74) is 1.32. The zero-order valence-corrected chi connectivity index (χ0v) is 23.2. The molecule has 2 aromatic carbocycles. The third kappa shape index (κ3) is 6.80. The van der Waals surface area contributed by atoms with Gasteiger partial charge in [-0.1, -0.05) is 0 Å². The highest BCUT2D eigenvalue weighted by Crippen LogP contribution is 2.29. The van der Waals surface area contributed by atoms with Gasteiger partial charge in [-0.15, -0.1) is 0 Å². The largest absolute Gasteiger partial charge is 0.497 e. The van der Waals surface area contributed by atoms with Gasteiger partial charge in [0.05, 0.1) is 25.8 Å². The molecular formula is C28H37N5O4S. The molecule has 2 fully saturated rings. The van der Waals surface area contributed by atoms with Crippen LogP contribution in [0.25, 0.3) is 0 Å². The van der Waals surface area contributed by atoms with Crippen molar-refractivity contribution in [2.75, 3.05) is 70.2 Å². The van der Waals surface area contributed by atoms with Gasteiger partial charge in [-0.25, -0.2) is 0 Å². The van der Waals surface area contributed by atoms with Gasteiger partial charge in [0, 0.05) is 38.4 Å². The van der Waals surface area contributed by atoms with Gasteiger partial charge in [0.1, 0.15) is 17.5 Å². The van der Waals surface area contributed by atoms with Crippen molar-refractivity contribution in [2.45, 2.75) is 25.8 Å². The van der Waals surface area contributed by atoms with Gasteiger partial charge in [0.15, 0.2) is 5.11 Å². The number of hydrogen-bond donors (Lipinski definition) is 1. The third-order valence-corrected chi connectivity index (χ3v) is 7.36. The molecule has 0 aromatic heterocycles. The van der Waals surface area contributed by atoms with E-state index in [2.05, 4.69) is 22.2 Å². The number of nitrogens with one attached hydrogen (secondary N) is 1. The van der Waals surface area contributed by atoms with Crippen LogP contribution in [0.2, 0.25) is 0 Å². The van der Waals surface area contributed by atoms with E-state index < -0.39 is 6.04 Å². The first-order valence-electron chi connectivity index (χ1n) is 13.1. The molecule has 0 spiro atoms. The number of thiocarbonyl (C=S) groups is 1. The first kappa shape index (κ1) is 27.8. The molecule has 2 saturated heterocycles. The number of rotatable bonds is 11. The van der Waals surface area contributed by atoms with Gasteiger partial charge in [-0.2, -0.15) is 0 Å². The van der Waals surface area contributed by atoms with Gasteiger partial charge >= 0.3 is 0 Å². The molecular weight excluding hydrogens is 502 g/mol. The topological polar surface area (TPSA) is 77.6 Å². The fraction of sp³-hybridized carbons (Fsp3) is 0.464. The molecule has 0 saturated carbocycles. The van der Waals surface area contributed by atoms with E-state index in [1.54, 1.807) is 36.3 Å². The lowest BCUT2D eigenvalue weighted by molar-refractivity contribution is -0.124. The van der Waals surface area contributed by atoms with Gasteiger partial charge in [-0.05, 0) is 87.7 Å². The average molecular weight is 540 g/mol. The smallest absolute Gasteiger partial charge is 0.256 e. The molecule has 2 aromatic rings. The maximum atomic E-state index is 13.6. The highest BCUT2D eigenvalue weighted by Gasteiger charge is 2.43.